The molecule has 1 aliphatic carbocycles. The zero-order valence-electron chi connectivity index (χ0n) is 18.3. The molecule has 5 atom stereocenters. The van der Waals surface area contributed by atoms with Crippen LogP contribution in [0.5, 0.6) is 0 Å². The highest BCUT2D eigenvalue weighted by Crippen LogP contribution is 2.53. The van der Waals surface area contributed by atoms with Crippen molar-refractivity contribution in [2.24, 2.45) is 17.3 Å². The molecule has 0 bridgehead atoms. The molecule has 1 saturated heterocycles. The van der Waals surface area contributed by atoms with E-state index in [0.717, 1.165) is 31.2 Å². The summed E-state index contributed by atoms with van der Waals surface area (Å²) in [4.78, 5) is 2.64. The maximum absolute atomic E-state index is 9.85. The molecule has 2 aliphatic rings. The quantitative estimate of drug-likeness (QED) is 0.427. The maximum Gasteiger partial charge on any atom is 0.0567 e. The highest BCUT2D eigenvalue weighted by molar-refractivity contribution is 4.93. The van der Waals surface area contributed by atoms with Gasteiger partial charge in [0.25, 0.3) is 0 Å². The zero-order chi connectivity index (χ0) is 19.0. The SMILES string of the molecule is CCC1CC(O)CCN1CCCCCCCC1(CC)CC(C)CC1CC. The standard InChI is InChI=1S/C24H47NO/c1-5-21-17-20(4)19-24(21,7-3)14-11-9-8-10-12-15-25-16-13-23(26)18-22(25)6-2/h20-23,26H,5-19H2,1-4H3. The van der Waals surface area contributed by atoms with Crippen LogP contribution < -0.4 is 0 Å². The fraction of sp³-hybridized carbons (Fsp3) is 1.00. The predicted octanol–water partition coefficient (Wildman–Crippen LogP) is 6.41. The minimum Gasteiger partial charge on any atom is -0.393 e. The first-order chi connectivity index (χ1) is 12.5. The molecule has 1 aliphatic heterocycles. The van der Waals surface area contributed by atoms with E-state index in [9.17, 15) is 5.11 Å². The lowest BCUT2D eigenvalue weighted by Crippen LogP contribution is -2.44. The van der Waals surface area contributed by atoms with E-state index in [2.05, 4.69) is 32.6 Å². The van der Waals surface area contributed by atoms with E-state index in [1.807, 2.05) is 0 Å². The normalized spacial score (nSPS) is 35.9. The van der Waals surface area contributed by atoms with Crippen LogP contribution in [0.3, 0.4) is 0 Å². The molecule has 154 valence electrons. The summed E-state index contributed by atoms with van der Waals surface area (Å²) in [5, 5.41) is 9.85. The summed E-state index contributed by atoms with van der Waals surface area (Å²) < 4.78 is 0. The van der Waals surface area contributed by atoms with E-state index in [0.29, 0.717) is 11.5 Å². The van der Waals surface area contributed by atoms with Crippen LogP contribution in [-0.2, 0) is 0 Å². The Kier molecular flexibility index (Phi) is 9.44. The lowest BCUT2D eigenvalue weighted by Gasteiger charge is -2.37. The zero-order valence-corrected chi connectivity index (χ0v) is 18.3. The number of unbranched alkanes of at least 4 members (excludes halogenated alkanes) is 4. The summed E-state index contributed by atoms with van der Waals surface area (Å²) in [5.74, 6) is 1.94. The summed E-state index contributed by atoms with van der Waals surface area (Å²) in [6, 6.07) is 0.624. The fourth-order valence-electron chi connectivity index (χ4n) is 6.32. The Bertz CT molecular complexity index is 384. The lowest BCUT2D eigenvalue weighted by molar-refractivity contribution is 0.0390. The Morgan fingerprint density at radius 3 is 2.38 bits per heavy atom. The van der Waals surface area contributed by atoms with Gasteiger partial charge in [-0.15, -0.1) is 0 Å². The molecule has 1 saturated carbocycles. The van der Waals surface area contributed by atoms with Crippen molar-refractivity contribution in [2.45, 2.75) is 123 Å². The summed E-state index contributed by atoms with van der Waals surface area (Å²) in [6.45, 7) is 12.0. The average Bonchev–Trinajstić information content (AvgIpc) is 2.97. The van der Waals surface area contributed by atoms with Gasteiger partial charge >= 0.3 is 0 Å². The van der Waals surface area contributed by atoms with Crippen LogP contribution in [0.25, 0.3) is 0 Å². The van der Waals surface area contributed by atoms with Gasteiger partial charge in [0.05, 0.1) is 6.10 Å². The molecule has 2 rings (SSSR count). The van der Waals surface area contributed by atoms with Crippen molar-refractivity contribution in [1.29, 1.82) is 0 Å². The van der Waals surface area contributed by atoms with E-state index < -0.39 is 0 Å². The molecule has 2 heteroatoms. The molecule has 5 unspecified atom stereocenters. The molecule has 2 nitrogen and oxygen atoms in total. The first kappa shape index (κ1) is 22.2. The van der Waals surface area contributed by atoms with Crippen LogP contribution in [0.15, 0.2) is 0 Å². The molecule has 0 radical (unpaired) electrons. The second kappa shape index (κ2) is 11.1. The van der Waals surface area contributed by atoms with Crippen molar-refractivity contribution in [3.63, 3.8) is 0 Å². The van der Waals surface area contributed by atoms with Crippen molar-refractivity contribution in [3.8, 4) is 0 Å². The van der Waals surface area contributed by atoms with Crippen LogP contribution in [0.1, 0.15) is 111 Å². The van der Waals surface area contributed by atoms with E-state index >= 15 is 0 Å². The lowest BCUT2D eigenvalue weighted by atomic mass is 9.71. The third kappa shape index (κ3) is 5.96. The minimum atomic E-state index is -0.0488. The average molecular weight is 366 g/mol. The minimum absolute atomic E-state index is 0.0488. The number of nitrogens with zero attached hydrogens (tertiary/aromatic N) is 1. The van der Waals surface area contributed by atoms with Gasteiger partial charge in [-0.2, -0.15) is 0 Å². The second-order valence-corrected chi connectivity index (χ2v) is 9.66. The molecule has 26 heavy (non-hydrogen) atoms. The smallest absolute Gasteiger partial charge is 0.0567 e. The van der Waals surface area contributed by atoms with Gasteiger partial charge in [0.2, 0.25) is 0 Å². The monoisotopic (exact) mass is 365 g/mol. The number of hydrogen-bond donors (Lipinski definition) is 1. The van der Waals surface area contributed by atoms with Crippen LogP contribution in [0.2, 0.25) is 0 Å². The van der Waals surface area contributed by atoms with Crippen LogP contribution in [0.4, 0.5) is 0 Å². The van der Waals surface area contributed by atoms with Crippen LogP contribution in [-0.4, -0.2) is 35.2 Å². The van der Waals surface area contributed by atoms with Crippen molar-refractivity contribution in [1.82, 2.24) is 4.90 Å². The van der Waals surface area contributed by atoms with E-state index in [1.54, 1.807) is 0 Å². The Balaban J connectivity index is 1.59. The van der Waals surface area contributed by atoms with Crippen molar-refractivity contribution in [3.05, 3.63) is 0 Å². The topological polar surface area (TPSA) is 23.5 Å². The second-order valence-electron chi connectivity index (χ2n) is 9.66. The predicted molar refractivity (Wildman–Crippen MR) is 113 cm³/mol. The first-order valence-corrected chi connectivity index (χ1v) is 12.0. The molecule has 1 heterocycles. The van der Waals surface area contributed by atoms with E-state index in [4.69, 9.17) is 0 Å². The van der Waals surface area contributed by atoms with Crippen molar-refractivity contribution < 1.29 is 5.11 Å². The molecule has 1 N–H and O–H groups in total. The van der Waals surface area contributed by atoms with Gasteiger partial charge in [0.15, 0.2) is 0 Å². The number of likely N-dealkylation sites (tertiary alicyclic amines) is 1. The summed E-state index contributed by atoms with van der Waals surface area (Å²) in [5.41, 5.74) is 0.678. The number of aliphatic hydroxyl groups is 1. The molecule has 0 aromatic carbocycles. The Labute approximate surface area is 164 Å². The Hall–Kier alpha value is -0.0800. The first-order valence-electron chi connectivity index (χ1n) is 12.0. The summed E-state index contributed by atoms with van der Waals surface area (Å²) in [6.07, 6.45) is 17.4. The summed E-state index contributed by atoms with van der Waals surface area (Å²) in [7, 11) is 0. The van der Waals surface area contributed by atoms with Gasteiger partial charge < -0.3 is 10.0 Å². The van der Waals surface area contributed by atoms with E-state index in [1.165, 1.54) is 77.2 Å². The molecule has 0 aromatic rings. The van der Waals surface area contributed by atoms with E-state index in [-0.39, 0.29) is 6.10 Å². The molecular weight excluding hydrogens is 318 g/mol. The maximum atomic E-state index is 9.85. The number of aliphatic hydroxyl groups excluding tert-OH is 1. The highest BCUT2D eigenvalue weighted by atomic mass is 16.3. The molecule has 2 fully saturated rings. The fourth-order valence-corrected chi connectivity index (χ4v) is 6.32. The van der Waals surface area contributed by atoms with Gasteiger partial charge in [-0.25, -0.2) is 0 Å². The van der Waals surface area contributed by atoms with Gasteiger partial charge in [-0.05, 0) is 68.7 Å². The molecule has 0 aromatic heterocycles. The molecule has 0 spiro atoms. The number of rotatable bonds is 11. The van der Waals surface area contributed by atoms with Gasteiger partial charge in [-0.1, -0.05) is 66.2 Å². The highest BCUT2D eigenvalue weighted by Gasteiger charge is 2.42. The molecule has 0 amide bonds. The van der Waals surface area contributed by atoms with Gasteiger partial charge in [0, 0.05) is 12.6 Å². The Morgan fingerprint density at radius 1 is 0.962 bits per heavy atom. The molecular formula is C24H47NO. The Morgan fingerprint density at radius 2 is 1.69 bits per heavy atom. The van der Waals surface area contributed by atoms with Crippen LogP contribution in [0, 0.1) is 17.3 Å². The van der Waals surface area contributed by atoms with Gasteiger partial charge in [-0.3, -0.25) is 0 Å². The van der Waals surface area contributed by atoms with Gasteiger partial charge in [0.1, 0.15) is 0 Å². The summed E-state index contributed by atoms with van der Waals surface area (Å²) >= 11 is 0. The van der Waals surface area contributed by atoms with Crippen molar-refractivity contribution >= 4 is 0 Å². The number of piperidine rings is 1. The van der Waals surface area contributed by atoms with Crippen molar-refractivity contribution in [2.75, 3.05) is 13.1 Å². The van der Waals surface area contributed by atoms with Crippen LogP contribution >= 0.6 is 0 Å². The largest absolute Gasteiger partial charge is 0.393 e. The third-order valence-electron chi connectivity index (χ3n) is 7.91. The number of hydrogen-bond acceptors (Lipinski definition) is 2. The third-order valence-corrected chi connectivity index (χ3v) is 7.91.